The van der Waals surface area contributed by atoms with Crippen molar-refractivity contribution >= 4 is 207 Å². The summed E-state index contributed by atoms with van der Waals surface area (Å²) in [6.07, 6.45) is 0. The molecule has 12 aromatic heterocycles. The van der Waals surface area contributed by atoms with Crippen LogP contribution in [0.15, 0.2) is 279 Å². The summed E-state index contributed by atoms with van der Waals surface area (Å²) in [5.41, 5.74) is 46.5. The Kier molecular flexibility index (Phi) is 23.9. The predicted octanol–water partition coefficient (Wildman–Crippen LogP) is 28.9. The Morgan fingerprint density at radius 3 is 0.799 bits per heavy atom. The summed E-state index contributed by atoms with van der Waals surface area (Å²) in [5, 5.41) is 16.1. The Morgan fingerprint density at radius 1 is 0.229 bits per heavy atom. The minimum absolute atomic E-state index is 0.401. The minimum atomic E-state index is -1.71. The Morgan fingerprint density at radius 2 is 0.486 bits per heavy atom. The highest BCUT2D eigenvalue weighted by Gasteiger charge is 2.38. The summed E-state index contributed by atoms with van der Waals surface area (Å²) in [6, 6.07) is 102. The third kappa shape index (κ3) is 15.6. The van der Waals surface area contributed by atoms with Crippen LogP contribution in [0.4, 0.5) is 0 Å². The molecule has 0 aliphatic heterocycles. The first kappa shape index (κ1) is 96.1. The van der Waals surface area contributed by atoms with Crippen LogP contribution < -0.4 is 39.0 Å². The van der Waals surface area contributed by atoms with Crippen LogP contribution in [0.1, 0.15) is 115 Å². The second kappa shape index (κ2) is 35.8. The maximum atomic E-state index is 5.65. The van der Waals surface area contributed by atoms with Crippen LogP contribution in [0, 0.1) is 48.5 Å². The fourth-order valence-corrected chi connectivity index (χ4v) is 30.3. The van der Waals surface area contributed by atoms with E-state index in [1.54, 1.807) is 0 Å². The van der Waals surface area contributed by atoms with Gasteiger partial charge in [-0.2, -0.15) is 17.6 Å². The van der Waals surface area contributed by atoms with Gasteiger partial charge in [-0.3, -0.25) is 4.98 Å². The van der Waals surface area contributed by atoms with Gasteiger partial charge in [0.15, 0.2) is 44.1 Å². The molecule has 144 heavy (non-hydrogen) atoms. The lowest BCUT2D eigenvalue weighted by Crippen LogP contribution is -2.38. The normalized spacial score (nSPS) is 12.5. The molecule has 12 aromatic carbocycles. The molecule has 12 nitrogen and oxygen atoms in total. The summed E-state index contributed by atoms with van der Waals surface area (Å²) >= 11 is 0. The number of aryl methyl sites for hydroxylation is 11. The van der Waals surface area contributed by atoms with Crippen molar-refractivity contribution in [3.05, 3.63) is 335 Å². The number of para-hydroxylation sites is 8. The SMILES string of the molecule is Cc1cc(-c2c(C(C)C)cccc2C(C)C)nc2c3c([Si](C)(C)C)cccc3n3c4ccccc4[n+](C)c3c12.Cc1cc(C(C)C)nc2c3c([Si](C)(C)C)cccc3n3c4ccccc4[n+](C)c3c12.Cc1cccc(-c2ccccc2)c1-c1cc(C)c2c(n1)c1c([Si](C)(C)C)cccc1n1c3ccccc3[n+](C)c21.Cc1cccc(C)c1-c1cc(C)c2c(n1)c1c([Si](C)(C)C)cccc1n1c3ccccc3[n+](C)c21. The van der Waals surface area contributed by atoms with Crippen LogP contribution in [0.5, 0.6) is 0 Å². The van der Waals surface area contributed by atoms with Crippen molar-refractivity contribution in [2.75, 3.05) is 0 Å². The number of hydrogen-bond donors (Lipinski definition) is 0. The van der Waals surface area contributed by atoms with E-state index in [4.69, 9.17) is 19.9 Å². The van der Waals surface area contributed by atoms with E-state index in [1.165, 1.54) is 236 Å². The molecule has 0 aliphatic rings. The molecule has 0 atom stereocenters. The molecule has 720 valence electrons. The molecule has 16 heteroatoms. The van der Waals surface area contributed by atoms with E-state index in [0.717, 1.165) is 39.1 Å². The molecular weight excluding hydrogens is 1820 g/mol. The first-order valence-electron chi connectivity index (χ1n) is 51.6. The molecule has 0 saturated carbocycles. The lowest BCUT2D eigenvalue weighted by atomic mass is 9.86. The predicted molar refractivity (Wildman–Crippen MR) is 625 cm³/mol. The number of imidazole rings is 4. The minimum Gasteiger partial charge on any atom is -0.251 e. The van der Waals surface area contributed by atoms with Crippen molar-refractivity contribution in [1.82, 2.24) is 37.5 Å². The third-order valence-corrected chi connectivity index (χ3v) is 38.8. The van der Waals surface area contributed by atoms with E-state index in [0.29, 0.717) is 17.8 Å². The van der Waals surface area contributed by atoms with Gasteiger partial charge in [0, 0.05) is 43.9 Å². The molecule has 24 aromatic rings. The Balaban J connectivity index is 0.000000114. The number of pyridine rings is 8. The van der Waals surface area contributed by atoms with Crippen molar-refractivity contribution in [2.45, 2.75) is 186 Å². The molecule has 0 fully saturated rings. The molecule has 12 heterocycles. The molecule has 24 rings (SSSR count). The van der Waals surface area contributed by atoms with E-state index in [-0.39, 0.29) is 0 Å². The monoisotopic (exact) mass is 1950 g/mol. The zero-order valence-electron chi connectivity index (χ0n) is 89.7. The average molecular weight is 1950 g/mol. The van der Waals surface area contributed by atoms with Gasteiger partial charge < -0.3 is 0 Å². The smallest absolute Gasteiger partial charge is 0.251 e. The second-order valence-electron chi connectivity index (χ2n) is 45.8. The van der Waals surface area contributed by atoms with Gasteiger partial charge in [-0.1, -0.05) is 302 Å². The number of hydrogen-bond acceptors (Lipinski definition) is 4. The quantitative estimate of drug-likeness (QED) is 0.0734. The van der Waals surface area contributed by atoms with Crippen LogP contribution in [0.3, 0.4) is 0 Å². The van der Waals surface area contributed by atoms with Gasteiger partial charge >= 0.3 is 0 Å². The molecule has 0 spiro atoms. The fourth-order valence-electron chi connectivity index (χ4n) is 23.9. The number of fused-ring (bicyclic) bond motifs is 32. The lowest BCUT2D eigenvalue weighted by molar-refractivity contribution is -0.617. The summed E-state index contributed by atoms with van der Waals surface area (Å²) < 4.78 is 19.2. The maximum Gasteiger partial charge on any atom is 0.297 e. The third-order valence-electron chi connectivity index (χ3n) is 30.7. The van der Waals surface area contributed by atoms with Crippen LogP contribution in [0.2, 0.25) is 78.6 Å². The van der Waals surface area contributed by atoms with Crippen molar-refractivity contribution in [3.8, 4) is 44.9 Å². The van der Waals surface area contributed by atoms with E-state index < -0.39 is 32.3 Å². The van der Waals surface area contributed by atoms with Crippen LogP contribution in [0.25, 0.3) is 199 Å². The molecule has 0 radical (unpaired) electrons. The Hall–Kier alpha value is -14.0. The average Bonchev–Trinajstić information content (AvgIpc) is 1.51. The van der Waals surface area contributed by atoms with Crippen molar-refractivity contribution in [1.29, 1.82) is 0 Å². The number of nitrogens with zero attached hydrogens (tertiary/aromatic N) is 12. The summed E-state index contributed by atoms with van der Waals surface area (Å²) in [7, 11) is 2.10. The lowest BCUT2D eigenvalue weighted by Gasteiger charge is -2.22. The van der Waals surface area contributed by atoms with Gasteiger partial charge in [0.25, 0.3) is 22.6 Å². The highest BCUT2D eigenvalue weighted by molar-refractivity contribution is 6.92. The largest absolute Gasteiger partial charge is 0.297 e. The maximum absolute atomic E-state index is 5.65. The van der Waals surface area contributed by atoms with E-state index >= 15 is 0 Å². The molecule has 0 aliphatic carbocycles. The molecule has 0 N–H and O–H groups in total. The summed E-state index contributed by atoms with van der Waals surface area (Å²) in [6.45, 7) is 58.6. The summed E-state index contributed by atoms with van der Waals surface area (Å²) in [5.74, 6) is 1.24. The first-order chi connectivity index (χ1) is 68.6. The second-order valence-corrected chi connectivity index (χ2v) is 65.9. The highest BCUT2D eigenvalue weighted by Crippen LogP contribution is 2.45. The van der Waals surface area contributed by atoms with Crippen LogP contribution >= 0.6 is 0 Å². The van der Waals surface area contributed by atoms with E-state index in [9.17, 15) is 0 Å². The topological polar surface area (TPSA) is 84.7 Å². The zero-order chi connectivity index (χ0) is 102. The van der Waals surface area contributed by atoms with Gasteiger partial charge in [-0.05, 0) is 245 Å². The molecule has 0 unspecified atom stereocenters. The van der Waals surface area contributed by atoms with Gasteiger partial charge in [-0.15, -0.1) is 0 Å². The van der Waals surface area contributed by atoms with Gasteiger partial charge in [-0.25, -0.2) is 33.2 Å². The highest BCUT2D eigenvalue weighted by atomic mass is 28.3. The molecule has 0 bridgehead atoms. The molecular formula is C128H136N12Si4+4. The van der Waals surface area contributed by atoms with Crippen molar-refractivity contribution < 1.29 is 18.3 Å². The van der Waals surface area contributed by atoms with Gasteiger partial charge in [0.2, 0.25) is 0 Å². The molecule has 0 saturated heterocycles. The molecule has 0 amide bonds. The first-order valence-corrected chi connectivity index (χ1v) is 65.6. The fraction of sp³-hybridized carbons (Fsp3) is 0.250. The Labute approximate surface area is 850 Å². The number of aromatic nitrogens is 12. The van der Waals surface area contributed by atoms with Gasteiger partial charge in [0.1, 0.15) is 22.1 Å². The van der Waals surface area contributed by atoms with Crippen LogP contribution in [-0.4, -0.2) is 69.8 Å². The van der Waals surface area contributed by atoms with Crippen LogP contribution in [-0.2, 0) is 28.2 Å². The number of benzene rings is 12. The standard InChI is InChI=1S/C36H34N3Si.C35H40N3Si.C31H32N3Si.C26H30N3Si/c1-23-14-12-17-26(25-15-8-7-9-16-25)32(23)27-22-24(2)33-35(37-27)34-30(20-13-21-31(34)40(4,5)6)39-29-19-11-10-18-28(29)38(3)36(33)39;1-21(2)24-14-12-15-25(22(3)4)32(24)26-20-23(5)31-34(36-26)33-29(18-13-19-30(33)39(7,8)9)38-28-17-11-10-16-27(28)37(6)35(31)38;1-19-12-10-13-20(2)27(19)22-18-21(3)28-30(32-22)29-25(16-11-17-26(29)35(5,6)7)34-24-15-9-8-14-23(24)33(4)31(28)34;1-16(2)18-15-17(3)23-25(27-18)24-21(13-10-14-22(24)30(5,6)7)29-20-12-9-8-11-19(20)28(4)26(23)29/h7-22H,1-6H3;10-22H,1-9H3;8-18H,1-7H3;8-16H,1-7H3/q4*+1. The summed E-state index contributed by atoms with van der Waals surface area (Å²) in [4.78, 5) is 22.0. The number of rotatable bonds is 11. The van der Waals surface area contributed by atoms with E-state index in [1.807, 2.05) is 0 Å². The van der Waals surface area contributed by atoms with Crippen molar-refractivity contribution in [3.63, 3.8) is 0 Å². The van der Waals surface area contributed by atoms with E-state index in [2.05, 4.69) is 512 Å². The Bertz CT molecular complexity index is 9450. The zero-order valence-corrected chi connectivity index (χ0v) is 93.7. The van der Waals surface area contributed by atoms with Crippen molar-refractivity contribution in [2.24, 2.45) is 28.2 Å². The van der Waals surface area contributed by atoms with Gasteiger partial charge in [0.05, 0.1) is 121 Å².